The van der Waals surface area contributed by atoms with Gasteiger partial charge in [-0.2, -0.15) is 0 Å². The van der Waals surface area contributed by atoms with E-state index in [1.807, 2.05) is 6.92 Å². The zero-order valence-electron chi connectivity index (χ0n) is 13.8. The van der Waals surface area contributed by atoms with Crippen LogP contribution in [0.3, 0.4) is 0 Å². The quantitative estimate of drug-likeness (QED) is 0.905. The lowest BCUT2D eigenvalue weighted by Crippen LogP contribution is -2.42. The van der Waals surface area contributed by atoms with Crippen LogP contribution in [0.4, 0.5) is 0 Å². The highest BCUT2D eigenvalue weighted by molar-refractivity contribution is 5.48. The van der Waals surface area contributed by atoms with E-state index in [2.05, 4.69) is 30.9 Å². The summed E-state index contributed by atoms with van der Waals surface area (Å²) in [6.45, 7) is 8.89. The van der Waals surface area contributed by atoms with Crippen molar-refractivity contribution in [1.29, 1.82) is 0 Å². The van der Waals surface area contributed by atoms with Gasteiger partial charge in [0.25, 0.3) is 0 Å². The molecule has 1 aliphatic rings. The van der Waals surface area contributed by atoms with Gasteiger partial charge in [0, 0.05) is 25.0 Å². The Hall–Kier alpha value is -1.26. The highest BCUT2D eigenvalue weighted by Crippen LogP contribution is 2.34. The molecule has 1 aliphatic heterocycles. The topological polar surface area (TPSA) is 41.9 Å². The molecule has 1 heterocycles. The largest absolute Gasteiger partial charge is 0.493 e. The van der Waals surface area contributed by atoms with Gasteiger partial charge in [-0.1, -0.05) is 13.8 Å². The SMILES string of the molecule is COc1cc2c(cc1OC)CN(CC(C)(C)C(C)O)CC2. The minimum Gasteiger partial charge on any atom is -0.493 e. The van der Waals surface area contributed by atoms with Crippen LogP contribution in [-0.2, 0) is 13.0 Å². The summed E-state index contributed by atoms with van der Waals surface area (Å²) in [7, 11) is 3.34. The molecule has 0 spiro atoms. The van der Waals surface area contributed by atoms with Crippen molar-refractivity contribution in [2.75, 3.05) is 27.3 Å². The van der Waals surface area contributed by atoms with E-state index in [9.17, 15) is 5.11 Å². The molecule has 21 heavy (non-hydrogen) atoms. The van der Waals surface area contributed by atoms with Gasteiger partial charge in [-0.3, -0.25) is 4.90 Å². The van der Waals surface area contributed by atoms with Crippen molar-refractivity contribution in [1.82, 2.24) is 4.90 Å². The minimum absolute atomic E-state index is 0.103. The Kier molecular flexibility index (Phi) is 4.79. The maximum absolute atomic E-state index is 9.89. The van der Waals surface area contributed by atoms with Crippen LogP contribution in [-0.4, -0.2) is 43.4 Å². The monoisotopic (exact) mass is 293 g/mol. The first kappa shape index (κ1) is 16.1. The fourth-order valence-electron chi connectivity index (χ4n) is 2.79. The molecular formula is C17H27NO3. The van der Waals surface area contributed by atoms with Crippen LogP contribution in [0.5, 0.6) is 11.5 Å². The Morgan fingerprint density at radius 2 is 1.76 bits per heavy atom. The highest BCUT2D eigenvalue weighted by atomic mass is 16.5. The number of ether oxygens (including phenoxy) is 2. The number of hydrogen-bond acceptors (Lipinski definition) is 4. The van der Waals surface area contributed by atoms with E-state index in [0.29, 0.717) is 0 Å². The molecule has 1 N–H and O–H groups in total. The Morgan fingerprint density at radius 1 is 1.19 bits per heavy atom. The molecule has 0 aromatic heterocycles. The summed E-state index contributed by atoms with van der Waals surface area (Å²) < 4.78 is 10.8. The van der Waals surface area contributed by atoms with Crippen LogP contribution >= 0.6 is 0 Å². The van der Waals surface area contributed by atoms with E-state index in [1.165, 1.54) is 11.1 Å². The number of hydrogen-bond donors (Lipinski definition) is 1. The number of benzene rings is 1. The second-order valence-electron chi connectivity index (χ2n) is 6.60. The van der Waals surface area contributed by atoms with E-state index in [-0.39, 0.29) is 11.5 Å². The van der Waals surface area contributed by atoms with Crippen LogP contribution in [0.15, 0.2) is 12.1 Å². The van der Waals surface area contributed by atoms with Crippen LogP contribution in [0, 0.1) is 5.41 Å². The van der Waals surface area contributed by atoms with Gasteiger partial charge >= 0.3 is 0 Å². The lowest BCUT2D eigenvalue weighted by molar-refractivity contribution is 0.0308. The van der Waals surface area contributed by atoms with Gasteiger partial charge in [-0.25, -0.2) is 0 Å². The Labute approximate surface area is 127 Å². The molecule has 0 saturated carbocycles. The molecule has 0 bridgehead atoms. The summed E-state index contributed by atoms with van der Waals surface area (Å²) in [4.78, 5) is 2.40. The first-order valence-electron chi connectivity index (χ1n) is 7.51. The molecule has 4 nitrogen and oxygen atoms in total. The van der Waals surface area contributed by atoms with Crippen molar-refractivity contribution >= 4 is 0 Å². The molecule has 2 rings (SSSR count). The number of nitrogens with zero attached hydrogens (tertiary/aromatic N) is 1. The average molecular weight is 293 g/mol. The number of rotatable bonds is 5. The van der Waals surface area contributed by atoms with Crippen LogP contribution < -0.4 is 9.47 Å². The van der Waals surface area contributed by atoms with Gasteiger partial charge in [0.15, 0.2) is 11.5 Å². The Morgan fingerprint density at radius 3 is 2.29 bits per heavy atom. The van der Waals surface area contributed by atoms with E-state index in [4.69, 9.17) is 9.47 Å². The first-order chi connectivity index (χ1) is 9.87. The second-order valence-corrected chi connectivity index (χ2v) is 6.60. The minimum atomic E-state index is -0.315. The van der Waals surface area contributed by atoms with Crippen molar-refractivity contribution in [2.24, 2.45) is 5.41 Å². The maximum atomic E-state index is 9.89. The van der Waals surface area contributed by atoms with Gasteiger partial charge in [-0.15, -0.1) is 0 Å². The molecule has 0 radical (unpaired) electrons. The number of aliphatic hydroxyl groups is 1. The second kappa shape index (κ2) is 6.24. The van der Waals surface area contributed by atoms with E-state index in [0.717, 1.165) is 37.6 Å². The van der Waals surface area contributed by atoms with E-state index >= 15 is 0 Å². The molecular weight excluding hydrogens is 266 g/mol. The Bertz CT molecular complexity index is 497. The molecule has 1 unspecified atom stereocenters. The van der Waals surface area contributed by atoms with Crippen molar-refractivity contribution in [2.45, 2.75) is 39.8 Å². The molecule has 1 atom stereocenters. The van der Waals surface area contributed by atoms with E-state index < -0.39 is 0 Å². The summed E-state index contributed by atoms with van der Waals surface area (Å²) in [6.07, 6.45) is 0.690. The van der Waals surface area contributed by atoms with Gasteiger partial charge in [0.2, 0.25) is 0 Å². The zero-order valence-corrected chi connectivity index (χ0v) is 13.8. The number of methoxy groups -OCH3 is 2. The van der Waals surface area contributed by atoms with Crippen molar-refractivity contribution in [3.8, 4) is 11.5 Å². The molecule has 118 valence electrons. The van der Waals surface area contributed by atoms with Crippen molar-refractivity contribution in [3.63, 3.8) is 0 Å². The third-order valence-electron chi connectivity index (χ3n) is 4.56. The fraction of sp³-hybridized carbons (Fsp3) is 0.647. The lowest BCUT2D eigenvalue weighted by Gasteiger charge is -2.37. The summed E-state index contributed by atoms with van der Waals surface area (Å²) in [5, 5.41) is 9.89. The van der Waals surface area contributed by atoms with Gasteiger partial charge in [0.1, 0.15) is 0 Å². The van der Waals surface area contributed by atoms with Crippen LogP contribution in [0.1, 0.15) is 31.9 Å². The van der Waals surface area contributed by atoms with Crippen LogP contribution in [0.2, 0.25) is 0 Å². The predicted octanol–water partition coefficient (Wildman–Crippen LogP) is 2.47. The summed E-state index contributed by atoms with van der Waals surface area (Å²) in [5.74, 6) is 1.59. The zero-order chi connectivity index (χ0) is 15.6. The first-order valence-corrected chi connectivity index (χ1v) is 7.51. The molecule has 1 aromatic rings. The third kappa shape index (κ3) is 3.50. The average Bonchev–Trinajstić information content (AvgIpc) is 2.45. The summed E-state index contributed by atoms with van der Waals surface area (Å²) >= 11 is 0. The molecule has 0 fully saturated rings. The molecule has 0 amide bonds. The smallest absolute Gasteiger partial charge is 0.161 e. The molecule has 0 saturated heterocycles. The van der Waals surface area contributed by atoms with Gasteiger partial charge in [-0.05, 0) is 36.6 Å². The van der Waals surface area contributed by atoms with Crippen molar-refractivity contribution < 1.29 is 14.6 Å². The highest BCUT2D eigenvalue weighted by Gasteiger charge is 2.29. The van der Waals surface area contributed by atoms with Gasteiger partial charge in [0.05, 0.1) is 20.3 Å². The van der Waals surface area contributed by atoms with E-state index in [1.54, 1.807) is 14.2 Å². The summed E-state index contributed by atoms with van der Waals surface area (Å²) in [5.41, 5.74) is 2.52. The third-order valence-corrected chi connectivity index (χ3v) is 4.56. The predicted molar refractivity (Wildman–Crippen MR) is 84.0 cm³/mol. The molecule has 4 heteroatoms. The lowest BCUT2D eigenvalue weighted by atomic mass is 9.86. The standard InChI is InChI=1S/C17H27NO3/c1-12(19)17(2,3)11-18-7-6-13-8-15(20-4)16(21-5)9-14(13)10-18/h8-9,12,19H,6-7,10-11H2,1-5H3. The van der Waals surface area contributed by atoms with Crippen LogP contribution in [0.25, 0.3) is 0 Å². The molecule has 1 aromatic carbocycles. The maximum Gasteiger partial charge on any atom is 0.161 e. The number of aliphatic hydroxyl groups excluding tert-OH is 1. The number of fused-ring (bicyclic) bond motifs is 1. The molecule has 0 aliphatic carbocycles. The summed E-state index contributed by atoms with van der Waals surface area (Å²) in [6, 6.07) is 4.17. The Balaban J connectivity index is 2.17. The van der Waals surface area contributed by atoms with Crippen molar-refractivity contribution in [3.05, 3.63) is 23.3 Å². The normalized spacial score (nSPS) is 17.2. The fourth-order valence-corrected chi connectivity index (χ4v) is 2.79. The van der Waals surface area contributed by atoms with Gasteiger partial charge < -0.3 is 14.6 Å².